The largest absolute Gasteiger partial charge is 0.454 e. The fourth-order valence-electron chi connectivity index (χ4n) is 9.87. The van der Waals surface area contributed by atoms with E-state index in [4.69, 9.17) is 8.83 Å². The van der Waals surface area contributed by atoms with E-state index in [1.807, 2.05) is 12.1 Å². The Bertz CT molecular complexity index is 3280. The van der Waals surface area contributed by atoms with Crippen LogP contribution in [-0.2, 0) is 0 Å². The molecule has 2 atom stereocenters. The van der Waals surface area contributed by atoms with Gasteiger partial charge in [-0.1, -0.05) is 134 Å². The molecule has 0 saturated carbocycles. The van der Waals surface area contributed by atoms with Crippen LogP contribution >= 0.6 is 0 Å². The first kappa shape index (κ1) is 32.9. The van der Waals surface area contributed by atoms with E-state index in [9.17, 15) is 0 Å². The van der Waals surface area contributed by atoms with Crippen LogP contribution in [0.3, 0.4) is 0 Å². The molecule has 6 aromatic carbocycles. The molecule has 2 aromatic heterocycles. The van der Waals surface area contributed by atoms with E-state index in [0.717, 1.165) is 78.0 Å². The lowest BCUT2D eigenvalue weighted by Gasteiger charge is -2.45. The molecule has 2 heterocycles. The Morgan fingerprint density at radius 2 is 0.914 bits per heavy atom. The van der Waals surface area contributed by atoms with Gasteiger partial charge in [-0.15, -0.1) is 0 Å². The van der Waals surface area contributed by atoms with Gasteiger partial charge in [0.1, 0.15) is 11.2 Å². The third kappa shape index (κ3) is 4.75. The third-order valence-corrected chi connectivity index (χ3v) is 12.5. The second-order valence-electron chi connectivity index (χ2n) is 15.7. The molecule has 8 aromatic rings. The van der Waals surface area contributed by atoms with Crippen molar-refractivity contribution in [2.24, 2.45) is 11.8 Å². The minimum atomic E-state index is 0.113. The molecule has 2 unspecified atom stereocenters. The van der Waals surface area contributed by atoms with Crippen LogP contribution in [0.2, 0.25) is 0 Å². The number of fused-ring (bicyclic) bond motifs is 6. The van der Waals surface area contributed by atoms with Crippen molar-refractivity contribution in [3.63, 3.8) is 0 Å². The molecule has 0 N–H and O–H groups in total. The Hall–Kier alpha value is -7.30. The smallest absolute Gasteiger partial charge is 0.159 e. The number of benzene rings is 6. The summed E-state index contributed by atoms with van der Waals surface area (Å²) >= 11 is 0. The summed E-state index contributed by atoms with van der Waals surface area (Å²) in [6.07, 6.45) is 18.7. The van der Waals surface area contributed by atoms with Gasteiger partial charge in [0, 0.05) is 44.8 Å². The number of nitrogens with zero attached hydrogens (tertiary/aromatic N) is 2. The van der Waals surface area contributed by atoms with Crippen molar-refractivity contribution in [1.29, 1.82) is 0 Å². The van der Waals surface area contributed by atoms with Crippen LogP contribution in [0, 0.1) is 25.7 Å². The number of aryl methyl sites for hydroxylation is 2. The van der Waals surface area contributed by atoms with E-state index in [2.05, 4.69) is 194 Å². The van der Waals surface area contributed by atoms with E-state index in [-0.39, 0.29) is 11.8 Å². The molecule has 12 rings (SSSR count). The summed E-state index contributed by atoms with van der Waals surface area (Å²) in [4.78, 5) is 4.86. The highest BCUT2D eigenvalue weighted by Crippen LogP contribution is 2.55. The molecular weight excluding hydrogens is 709 g/mol. The predicted octanol–water partition coefficient (Wildman–Crippen LogP) is 14.4. The normalized spacial score (nSPS) is 18.0. The molecular formula is C54H38N2O2. The molecule has 4 heteroatoms. The maximum Gasteiger partial charge on any atom is 0.159 e. The standard InChI is InChI=1S/C54H38N2O2/c1-33-13-3-7-19-43(33)55(47-21-11-17-39-37-15-5-9-23-49(37)57-53(39)47)45-31-27-35-26-30-42-46(32-28-36-25-29-41(45)51(35)52(36)42)56(44-20-8-4-14-34(44)2)48-22-12-18-40-38-16-6-10-24-50(38)58-54(40)48/h3-32,51-52H,1-2H3. The van der Waals surface area contributed by atoms with E-state index >= 15 is 0 Å². The Morgan fingerprint density at radius 3 is 1.57 bits per heavy atom. The number of hydrogen-bond acceptors (Lipinski definition) is 4. The van der Waals surface area contributed by atoms with Gasteiger partial charge in [0.15, 0.2) is 11.2 Å². The highest BCUT2D eigenvalue weighted by molar-refractivity contribution is 6.11. The van der Waals surface area contributed by atoms with Crippen molar-refractivity contribution in [3.05, 3.63) is 227 Å². The van der Waals surface area contributed by atoms with Crippen LogP contribution in [0.1, 0.15) is 11.1 Å². The molecule has 0 fully saturated rings. The summed E-state index contributed by atoms with van der Waals surface area (Å²) in [6.45, 7) is 4.40. The minimum Gasteiger partial charge on any atom is -0.454 e. The number of hydrogen-bond donors (Lipinski definition) is 0. The Labute approximate surface area is 336 Å². The first-order chi connectivity index (χ1) is 28.6. The number of para-hydroxylation sites is 6. The van der Waals surface area contributed by atoms with Gasteiger partial charge < -0.3 is 18.6 Å². The number of furan rings is 2. The van der Waals surface area contributed by atoms with Gasteiger partial charge >= 0.3 is 0 Å². The number of allylic oxidation sites excluding steroid dienone is 12. The summed E-state index contributed by atoms with van der Waals surface area (Å²) in [5, 5.41) is 4.47. The van der Waals surface area contributed by atoms with Crippen molar-refractivity contribution < 1.29 is 8.83 Å². The molecule has 276 valence electrons. The lowest BCUT2D eigenvalue weighted by Crippen LogP contribution is -2.35. The quantitative estimate of drug-likeness (QED) is 0.170. The van der Waals surface area contributed by atoms with Crippen LogP contribution in [0.15, 0.2) is 225 Å². The lowest BCUT2D eigenvalue weighted by atomic mass is 9.63. The van der Waals surface area contributed by atoms with Crippen molar-refractivity contribution in [1.82, 2.24) is 0 Å². The zero-order chi connectivity index (χ0) is 38.5. The van der Waals surface area contributed by atoms with Crippen molar-refractivity contribution in [2.45, 2.75) is 13.8 Å². The maximum atomic E-state index is 6.72. The summed E-state index contributed by atoms with van der Waals surface area (Å²) in [5.74, 6) is 0.226. The fourth-order valence-corrected chi connectivity index (χ4v) is 9.87. The molecule has 4 nitrogen and oxygen atoms in total. The van der Waals surface area contributed by atoms with Gasteiger partial charge in [0.05, 0.1) is 22.8 Å². The Morgan fingerprint density at radius 1 is 0.414 bits per heavy atom. The first-order valence-corrected chi connectivity index (χ1v) is 20.1. The van der Waals surface area contributed by atoms with E-state index < -0.39 is 0 Å². The van der Waals surface area contributed by atoms with E-state index in [1.54, 1.807) is 0 Å². The topological polar surface area (TPSA) is 32.8 Å². The highest BCUT2D eigenvalue weighted by atomic mass is 16.3. The van der Waals surface area contributed by atoms with Crippen molar-refractivity contribution >= 4 is 66.6 Å². The monoisotopic (exact) mass is 746 g/mol. The minimum absolute atomic E-state index is 0.113. The summed E-state index contributed by atoms with van der Waals surface area (Å²) in [7, 11) is 0. The van der Waals surface area contributed by atoms with Crippen LogP contribution < -0.4 is 9.80 Å². The molecule has 0 aliphatic heterocycles. The third-order valence-electron chi connectivity index (χ3n) is 12.5. The fraction of sp³-hybridized carbons (Fsp3) is 0.0741. The van der Waals surface area contributed by atoms with Gasteiger partial charge in [0.25, 0.3) is 0 Å². The Kier molecular flexibility index (Phi) is 7.15. The van der Waals surface area contributed by atoms with E-state index in [0.29, 0.717) is 0 Å². The first-order valence-electron chi connectivity index (χ1n) is 20.1. The Balaban J connectivity index is 1.05. The van der Waals surface area contributed by atoms with E-state index in [1.165, 1.54) is 33.4 Å². The number of rotatable bonds is 6. The molecule has 0 saturated heterocycles. The second-order valence-corrected chi connectivity index (χ2v) is 15.7. The van der Waals surface area contributed by atoms with Gasteiger partial charge in [-0.3, -0.25) is 0 Å². The second kappa shape index (κ2) is 12.6. The average molecular weight is 747 g/mol. The molecule has 0 radical (unpaired) electrons. The summed E-state index contributed by atoms with van der Waals surface area (Å²) in [5.41, 5.74) is 17.8. The van der Waals surface area contributed by atoms with Crippen LogP contribution in [-0.4, -0.2) is 0 Å². The lowest BCUT2D eigenvalue weighted by molar-refractivity contribution is 0.551. The highest BCUT2D eigenvalue weighted by Gasteiger charge is 2.43. The number of anilines is 4. The van der Waals surface area contributed by atoms with Gasteiger partial charge in [0.2, 0.25) is 0 Å². The van der Waals surface area contributed by atoms with Crippen LogP contribution in [0.4, 0.5) is 22.7 Å². The predicted molar refractivity (Wildman–Crippen MR) is 239 cm³/mol. The molecule has 0 bridgehead atoms. The SMILES string of the molecule is Cc1ccccc1N(C1=CC=C2C=CC3=C(N(c4ccccc4C)c4cccc5c4oc4ccccc45)C=CC4=CC=C1C2C43)c1cccc2c1oc1ccccc12. The summed E-state index contributed by atoms with van der Waals surface area (Å²) in [6, 6.07) is 47.1. The molecule has 58 heavy (non-hydrogen) atoms. The maximum absolute atomic E-state index is 6.72. The van der Waals surface area contributed by atoms with Crippen LogP contribution in [0.5, 0.6) is 0 Å². The van der Waals surface area contributed by atoms with Crippen molar-refractivity contribution in [3.8, 4) is 0 Å². The zero-order valence-electron chi connectivity index (χ0n) is 32.2. The molecule has 0 spiro atoms. The molecule has 4 aliphatic carbocycles. The van der Waals surface area contributed by atoms with Gasteiger partial charge in [-0.05, 0) is 95.8 Å². The molecule has 4 aliphatic rings. The average Bonchev–Trinajstić information content (AvgIpc) is 3.85. The van der Waals surface area contributed by atoms with Crippen LogP contribution in [0.25, 0.3) is 43.9 Å². The van der Waals surface area contributed by atoms with Gasteiger partial charge in [-0.2, -0.15) is 0 Å². The molecule has 0 amide bonds. The summed E-state index contributed by atoms with van der Waals surface area (Å²) < 4.78 is 13.4. The van der Waals surface area contributed by atoms with Crippen molar-refractivity contribution in [2.75, 3.05) is 9.80 Å². The zero-order valence-corrected chi connectivity index (χ0v) is 32.2. The van der Waals surface area contributed by atoms with Gasteiger partial charge in [-0.25, -0.2) is 0 Å².